The van der Waals surface area contributed by atoms with Crippen LogP contribution in [0, 0.1) is 5.92 Å². The lowest BCUT2D eigenvalue weighted by atomic mass is 9.94. The Hall–Kier alpha value is -1.55. The standard InChI is InChI=1S/C16H22N2O2/c19-16(15-7-4-12-20-15)18-10-8-17(9-11-18)13-14-5-2-1-3-6-14/h1-2,4,7,12,14H,3,5-6,8-11,13H2/p+1. The highest BCUT2D eigenvalue weighted by molar-refractivity contribution is 5.91. The number of hydrogen-bond donors (Lipinski definition) is 1. The van der Waals surface area contributed by atoms with Crippen molar-refractivity contribution in [3.8, 4) is 0 Å². The number of carbonyl (C=O) groups is 1. The molecule has 1 saturated heterocycles. The fourth-order valence-corrected chi connectivity index (χ4v) is 3.24. The van der Waals surface area contributed by atoms with Crippen molar-refractivity contribution in [2.24, 2.45) is 5.92 Å². The van der Waals surface area contributed by atoms with Gasteiger partial charge in [0.05, 0.1) is 39.0 Å². The summed E-state index contributed by atoms with van der Waals surface area (Å²) in [4.78, 5) is 15.7. The van der Waals surface area contributed by atoms with Crippen molar-refractivity contribution in [2.75, 3.05) is 32.7 Å². The molecule has 0 radical (unpaired) electrons. The van der Waals surface area contributed by atoms with Crippen LogP contribution in [0.25, 0.3) is 0 Å². The zero-order valence-electron chi connectivity index (χ0n) is 11.9. The monoisotopic (exact) mass is 275 g/mol. The Labute approximate surface area is 120 Å². The summed E-state index contributed by atoms with van der Waals surface area (Å²) in [7, 11) is 0. The molecule has 1 aliphatic carbocycles. The predicted octanol–water partition coefficient (Wildman–Crippen LogP) is 0.977. The Morgan fingerprint density at radius 3 is 2.85 bits per heavy atom. The molecule has 0 aromatic carbocycles. The van der Waals surface area contributed by atoms with Gasteiger partial charge in [0.15, 0.2) is 5.76 Å². The largest absolute Gasteiger partial charge is 0.459 e. The normalized spacial score (nSPS) is 24.0. The second-order valence-electron chi connectivity index (χ2n) is 5.87. The van der Waals surface area contributed by atoms with Crippen molar-refractivity contribution in [1.82, 2.24) is 4.90 Å². The maximum atomic E-state index is 12.2. The zero-order chi connectivity index (χ0) is 13.8. The van der Waals surface area contributed by atoms with Gasteiger partial charge in [0.2, 0.25) is 0 Å². The topological polar surface area (TPSA) is 37.9 Å². The lowest BCUT2D eigenvalue weighted by molar-refractivity contribution is -0.907. The number of nitrogens with one attached hydrogen (secondary N) is 1. The van der Waals surface area contributed by atoms with Gasteiger partial charge >= 0.3 is 0 Å². The van der Waals surface area contributed by atoms with E-state index in [2.05, 4.69) is 12.2 Å². The lowest BCUT2D eigenvalue weighted by Crippen LogP contribution is -3.15. The SMILES string of the molecule is O=C(c1ccco1)N1CC[NH+](CC2CC=CCC2)CC1. The highest BCUT2D eigenvalue weighted by atomic mass is 16.3. The maximum absolute atomic E-state index is 12.2. The minimum atomic E-state index is 0.0367. The van der Waals surface area contributed by atoms with Gasteiger partial charge in [-0.1, -0.05) is 12.2 Å². The number of carbonyl (C=O) groups excluding carboxylic acids is 1. The number of hydrogen-bond acceptors (Lipinski definition) is 2. The first-order valence-electron chi connectivity index (χ1n) is 7.64. The molecule has 0 spiro atoms. The molecule has 2 heterocycles. The first kappa shape index (κ1) is 13.4. The quantitative estimate of drug-likeness (QED) is 0.835. The van der Waals surface area contributed by atoms with Crippen LogP contribution in [-0.4, -0.2) is 43.5 Å². The summed E-state index contributed by atoms with van der Waals surface area (Å²) in [5.41, 5.74) is 0. The van der Waals surface area contributed by atoms with E-state index in [0.717, 1.165) is 32.1 Å². The second-order valence-corrected chi connectivity index (χ2v) is 5.87. The van der Waals surface area contributed by atoms with E-state index in [-0.39, 0.29) is 5.91 Å². The molecule has 3 rings (SSSR count). The van der Waals surface area contributed by atoms with Crippen molar-refractivity contribution < 1.29 is 14.1 Å². The van der Waals surface area contributed by atoms with Gasteiger partial charge in [0.1, 0.15) is 0 Å². The minimum Gasteiger partial charge on any atom is -0.459 e. The van der Waals surface area contributed by atoms with Crippen LogP contribution in [-0.2, 0) is 0 Å². The second kappa shape index (κ2) is 6.27. The molecule has 1 fully saturated rings. The van der Waals surface area contributed by atoms with Crippen molar-refractivity contribution in [2.45, 2.75) is 19.3 Å². The molecule has 1 aromatic rings. The van der Waals surface area contributed by atoms with E-state index in [1.807, 2.05) is 4.90 Å². The molecular formula is C16H23N2O2+. The third-order valence-corrected chi connectivity index (χ3v) is 4.44. The summed E-state index contributed by atoms with van der Waals surface area (Å²) < 4.78 is 5.19. The Morgan fingerprint density at radius 1 is 1.35 bits per heavy atom. The van der Waals surface area contributed by atoms with E-state index < -0.39 is 0 Å². The third-order valence-electron chi connectivity index (χ3n) is 4.44. The van der Waals surface area contributed by atoms with Crippen LogP contribution in [0.1, 0.15) is 29.8 Å². The zero-order valence-corrected chi connectivity index (χ0v) is 11.9. The van der Waals surface area contributed by atoms with E-state index in [1.165, 1.54) is 25.8 Å². The number of amides is 1. The van der Waals surface area contributed by atoms with Crippen LogP contribution in [0.4, 0.5) is 0 Å². The molecule has 1 atom stereocenters. The van der Waals surface area contributed by atoms with Crippen LogP contribution in [0.15, 0.2) is 35.0 Å². The first-order chi connectivity index (χ1) is 9.83. The minimum absolute atomic E-state index is 0.0367. The van der Waals surface area contributed by atoms with E-state index >= 15 is 0 Å². The first-order valence-corrected chi connectivity index (χ1v) is 7.64. The summed E-state index contributed by atoms with van der Waals surface area (Å²) in [5, 5.41) is 0. The van der Waals surface area contributed by atoms with Gasteiger partial charge in [-0.15, -0.1) is 0 Å². The van der Waals surface area contributed by atoms with Gasteiger partial charge in [-0.3, -0.25) is 4.79 Å². The van der Waals surface area contributed by atoms with Crippen molar-refractivity contribution in [3.63, 3.8) is 0 Å². The number of furan rings is 1. The number of piperazine rings is 1. The van der Waals surface area contributed by atoms with Crippen molar-refractivity contribution >= 4 is 5.91 Å². The molecule has 0 bridgehead atoms. The van der Waals surface area contributed by atoms with Crippen LogP contribution in [0.5, 0.6) is 0 Å². The summed E-state index contributed by atoms with van der Waals surface area (Å²) in [6.45, 7) is 5.07. The predicted molar refractivity (Wildman–Crippen MR) is 76.7 cm³/mol. The van der Waals surface area contributed by atoms with Gasteiger partial charge in [0, 0.05) is 5.92 Å². The smallest absolute Gasteiger partial charge is 0.289 e. The highest BCUT2D eigenvalue weighted by Crippen LogP contribution is 2.16. The van der Waals surface area contributed by atoms with E-state index in [0.29, 0.717) is 5.76 Å². The Bertz CT molecular complexity index is 459. The molecule has 0 saturated carbocycles. The Kier molecular flexibility index (Phi) is 4.21. The molecule has 108 valence electrons. The molecule has 1 N–H and O–H groups in total. The van der Waals surface area contributed by atoms with Gasteiger partial charge < -0.3 is 14.2 Å². The van der Waals surface area contributed by atoms with Gasteiger partial charge in [-0.2, -0.15) is 0 Å². The molecular weight excluding hydrogens is 252 g/mol. The van der Waals surface area contributed by atoms with E-state index in [9.17, 15) is 4.79 Å². The fraction of sp³-hybridized carbons (Fsp3) is 0.562. The molecule has 4 nitrogen and oxygen atoms in total. The van der Waals surface area contributed by atoms with Crippen molar-refractivity contribution in [3.05, 3.63) is 36.3 Å². The molecule has 1 aromatic heterocycles. The number of quaternary nitrogens is 1. The summed E-state index contributed by atoms with van der Waals surface area (Å²) >= 11 is 0. The molecule has 1 unspecified atom stereocenters. The highest BCUT2D eigenvalue weighted by Gasteiger charge is 2.27. The molecule has 2 aliphatic rings. The Balaban J connectivity index is 1.47. The number of allylic oxidation sites excluding steroid dienone is 2. The number of nitrogens with zero attached hydrogens (tertiary/aromatic N) is 1. The van der Waals surface area contributed by atoms with Crippen LogP contribution in [0.2, 0.25) is 0 Å². The lowest BCUT2D eigenvalue weighted by Gasteiger charge is -2.33. The summed E-state index contributed by atoms with van der Waals surface area (Å²) in [6.07, 6.45) is 9.98. The van der Waals surface area contributed by atoms with Crippen molar-refractivity contribution in [1.29, 1.82) is 0 Å². The summed E-state index contributed by atoms with van der Waals surface area (Å²) in [5.74, 6) is 1.34. The number of rotatable bonds is 3. The van der Waals surface area contributed by atoms with E-state index in [4.69, 9.17) is 4.42 Å². The molecule has 20 heavy (non-hydrogen) atoms. The average molecular weight is 275 g/mol. The molecule has 1 amide bonds. The van der Waals surface area contributed by atoms with E-state index in [1.54, 1.807) is 23.3 Å². The van der Waals surface area contributed by atoms with Gasteiger partial charge in [-0.25, -0.2) is 0 Å². The van der Waals surface area contributed by atoms with Crippen LogP contribution < -0.4 is 4.90 Å². The summed E-state index contributed by atoms with van der Waals surface area (Å²) in [6, 6.07) is 3.52. The van der Waals surface area contributed by atoms with Gasteiger partial charge in [-0.05, 0) is 31.4 Å². The van der Waals surface area contributed by atoms with Crippen LogP contribution in [0.3, 0.4) is 0 Å². The van der Waals surface area contributed by atoms with Gasteiger partial charge in [0.25, 0.3) is 5.91 Å². The molecule has 4 heteroatoms. The average Bonchev–Trinajstić information content (AvgIpc) is 3.03. The molecule has 1 aliphatic heterocycles. The fourth-order valence-electron chi connectivity index (χ4n) is 3.24. The maximum Gasteiger partial charge on any atom is 0.289 e. The third kappa shape index (κ3) is 3.12. The Morgan fingerprint density at radius 2 is 2.20 bits per heavy atom. The van der Waals surface area contributed by atoms with Crippen LogP contribution >= 0.6 is 0 Å².